The first-order valence-corrected chi connectivity index (χ1v) is 12.9. The Morgan fingerprint density at radius 1 is 0.973 bits per heavy atom. The van der Waals surface area contributed by atoms with Crippen LogP contribution in [0.25, 0.3) is 0 Å². The Hall–Kier alpha value is -3.70. The zero-order valence-corrected chi connectivity index (χ0v) is 20.6. The first-order chi connectivity index (χ1) is 18.0. The predicted octanol–water partition coefficient (Wildman–Crippen LogP) is 2.01. The van der Waals surface area contributed by atoms with Crippen molar-refractivity contribution in [1.82, 2.24) is 20.9 Å². The van der Waals surface area contributed by atoms with Crippen molar-refractivity contribution >= 4 is 17.7 Å². The molecule has 1 saturated carbocycles. The molecule has 3 fully saturated rings. The number of carbonyl (C=O) groups excluding carboxylic acids is 3. The Labute approximate surface area is 216 Å². The molecule has 0 unspecified atom stereocenters. The van der Waals surface area contributed by atoms with Gasteiger partial charge in [0.1, 0.15) is 6.17 Å². The van der Waals surface area contributed by atoms with Gasteiger partial charge >= 0.3 is 0 Å². The summed E-state index contributed by atoms with van der Waals surface area (Å²) in [6.07, 6.45) is 1.47. The van der Waals surface area contributed by atoms with Crippen molar-refractivity contribution in [2.24, 2.45) is 5.92 Å². The van der Waals surface area contributed by atoms with Gasteiger partial charge < -0.3 is 20.9 Å². The van der Waals surface area contributed by atoms with Crippen LogP contribution in [0.15, 0.2) is 54.6 Å². The number of benzene rings is 2. The number of hydrogen-bond donors (Lipinski definition) is 3. The molecule has 37 heavy (non-hydrogen) atoms. The third kappa shape index (κ3) is 6.36. The van der Waals surface area contributed by atoms with Gasteiger partial charge in [0, 0.05) is 54.7 Å². The van der Waals surface area contributed by atoms with E-state index in [1.54, 1.807) is 17.0 Å². The lowest BCUT2D eigenvalue weighted by atomic mass is 10.1. The SMILES string of the molecule is O=C(NC[C@H]1C[C@@H](NC(=O)[C@@H]2C[C@H](F)CN2)CN1C(=O)C1CC1)c1ccc(C#Cc2ccccc2)cc1. The van der Waals surface area contributed by atoms with Crippen LogP contribution in [0.4, 0.5) is 4.39 Å². The van der Waals surface area contributed by atoms with E-state index < -0.39 is 12.2 Å². The number of likely N-dealkylation sites (tertiary alicyclic amines) is 1. The van der Waals surface area contributed by atoms with Crippen molar-refractivity contribution in [3.8, 4) is 11.8 Å². The van der Waals surface area contributed by atoms with E-state index in [1.807, 2.05) is 42.5 Å². The van der Waals surface area contributed by atoms with Crippen LogP contribution in [-0.2, 0) is 9.59 Å². The van der Waals surface area contributed by atoms with Crippen LogP contribution in [-0.4, -0.2) is 66.6 Å². The lowest BCUT2D eigenvalue weighted by molar-refractivity contribution is -0.133. The molecule has 0 aromatic heterocycles. The van der Waals surface area contributed by atoms with Gasteiger partial charge in [-0.3, -0.25) is 14.4 Å². The molecule has 7 nitrogen and oxygen atoms in total. The molecule has 0 radical (unpaired) electrons. The highest BCUT2D eigenvalue weighted by Gasteiger charge is 2.42. The van der Waals surface area contributed by atoms with Crippen molar-refractivity contribution in [3.05, 3.63) is 71.3 Å². The second-order valence-electron chi connectivity index (χ2n) is 10.1. The van der Waals surface area contributed by atoms with E-state index in [1.165, 1.54) is 0 Å². The van der Waals surface area contributed by atoms with Crippen LogP contribution >= 0.6 is 0 Å². The zero-order valence-electron chi connectivity index (χ0n) is 20.6. The number of carbonyl (C=O) groups is 3. The van der Waals surface area contributed by atoms with Crippen molar-refractivity contribution in [2.75, 3.05) is 19.6 Å². The molecule has 2 aromatic carbocycles. The van der Waals surface area contributed by atoms with Gasteiger partial charge in [-0.1, -0.05) is 30.0 Å². The normalized spacial score (nSPS) is 24.7. The monoisotopic (exact) mass is 502 g/mol. The van der Waals surface area contributed by atoms with E-state index in [4.69, 9.17) is 0 Å². The molecular formula is C29H31FN4O3. The number of nitrogens with one attached hydrogen (secondary N) is 3. The van der Waals surface area contributed by atoms with Gasteiger partial charge in [0.25, 0.3) is 5.91 Å². The number of nitrogens with zero attached hydrogens (tertiary/aromatic N) is 1. The Morgan fingerprint density at radius 3 is 2.32 bits per heavy atom. The molecule has 5 rings (SSSR count). The molecule has 2 heterocycles. The second kappa shape index (κ2) is 11.1. The van der Waals surface area contributed by atoms with Gasteiger partial charge in [-0.25, -0.2) is 4.39 Å². The number of halogens is 1. The Morgan fingerprint density at radius 2 is 1.68 bits per heavy atom. The minimum Gasteiger partial charge on any atom is -0.350 e. The van der Waals surface area contributed by atoms with Gasteiger partial charge in [-0.05, 0) is 55.7 Å². The minimum absolute atomic E-state index is 0.0426. The molecule has 2 aliphatic heterocycles. The molecule has 0 bridgehead atoms. The molecule has 3 N–H and O–H groups in total. The van der Waals surface area contributed by atoms with Crippen LogP contribution in [0.1, 0.15) is 47.2 Å². The first-order valence-electron chi connectivity index (χ1n) is 12.9. The van der Waals surface area contributed by atoms with Crippen LogP contribution < -0.4 is 16.0 Å². The van der Waals surface area contributed by atoms with E-state index in [-0.39, 0.29) is 48.7 Å². The number of rotatable bonds is 6. The first kappa shape index (κ1) is 25.0. The van der Waals surface area contributed by atoms with Gasteiger partial charge in [-0.15, -0.1) is 0 Å². The molecular weight excluding hydrogens is 471 g/mol. The Bertz CT molecular complexity index is 1200. The molecule has 4 atom stereocenters. The van der Waals surface area contributed by atoms with Crippen LogP contribution in [0, 0.1) is 17.8 Å². The maximum atomic E-state index is 13.5. The maximum absolute atomic E-state index is 13.5. The van der Waals surface area contributed by atoms with Crippen molar-refractivity contribution in [3.63, 3.8) is 0 Å². The van der Waals surface area contributed by atoms with Gasteiger partial charge in [0.05, 0.1) is 12.1 Å². The summed E-state index contributed by atoms with van der Waals surface area (Å²) >= 11 is 0. The summed E-state index contributed by atoms with van der Waals surface area (Å²) in [4.78, 5) is 40.1. The Kier molecular flexibility index (Phi) is 7.52. The number of hydrogen-bond acceptors (Lipinski definition) is 4. The summed E-state index contributed by atoms with van der Waals surface area (Å²) in [7, 11) is 0. The lowest BCUT2D eigenvalue weighted by Crippen LogP contribution is -2.46. The highest BCUT2D eigenvalue weighted by molar-refractivity contribution is 5.94. The summed E-state index contributed by atoms with van der Waals surface area (Å²) < 4.78 is 13.5. The molecule has 2 aromatic rings. The van der Waals surface area contributed by atoms with Gasteiger partial charge in [0.15, 0.2) is 0 Å². The fraction of sp³-hybridized carbons (Fsp3) is 0.414. The quantitative estimate of drug-likeness (QED) is 0.528. The minimum atomic E-state index is -1.01. The highest BCUT2D eigenvalue weighted by Crippen LogP contribution is 2.33. The van der Waals surface area contributed by atoms with Crippen molar-refractivity contribution < 1.29 is 18.8 Å². The third-order valence-electron chi connectivity index (χ3n) is 7.13. The number of alkyl halides is 1. The molecule has 192 valence electrons. The average molecular weight is 503 g/mol. The number of amides is 3. The molecule has 8 heteroatoms. The summed E-state index contributed by atoms with van der Waals surface area (Å²) in [6, 6.07) is 15.8. The third-order valence-corrected chi connectivity index (χ3v) is 7.13. The highest BCUT2D eigenvalue weighted by atomic mass is 19.1. The van der Waals surface area contributed by atoms with E-state index in [2.05, 4.69) is 27.8 Å². The molecule has 3 aliphatic rings. The summed E-state index contributed by atoms with van der Waals surface area (Å²) in [5, 5.41) is 8.83. The Balaban J connectivity index is 1.17. The topological polar surface area (TPSA) is 90.5 Å². The molecule has 0 spiro atoms. The van der Waals surface area contributed by atoms with E-state index in [9.17, 15) is 18.8 Å². The maximum Gasteiger partial charge on any atom is 0.251 e. The standard InChI is InChI=1S/C29H31FN4O3/c30-23-14-26(31-16-23)28(36)33-24-15-25(34(18-24)29(37)22-12-13-22)17-32-27(35)21-10-8-20(9-11-21)7-6-19-4-2-1-3-5-19/h1-5,8-11,22-26,31H,12-18H2,(H,32,35)(H,33,36)/t23-,24+,25+,26-/m0/s1. The molecule has 3 amide bonds. The zero-order chi connectivity index (χ0) is 25.8. The summed E-state index contributed by atoms with van der Waals surface area (Å²) in [5.41, 5.74) is 2.25. The van der Waals surface area contributed by atoms with Gasteiger partial charge in [0.2, 0.25) is 11.8 Å². The van der Waals surface area contributed by atoms with Gasteiger partial charge in [-0.2, -0.15) is 0 Å². The fourth-order valence-corrected chi connectivity index (χ4v) is 4.93. The predicted molar refractivity (Wildman–Crippen MR) is 137 cm³/mol. The van der Waals surface area contributed by atoms with Crippen LogP contribution in [0.2, 0.25) is 0 Å². The fourth-order valence-electron chi connectivity index (χ4n) is 4.93. The molecule has 2 saturated heterocycles. The largest absolute Gasteiger partial charge is 0.350 e. The van der Waals surface area contributed by atoms with Crippen molar-refractivity contribution in [2.45, 2.75) is 50.0 Å². The molecule has 1 aliphatic carbocycles. The summed E-state index contributed by atoms with van der Waals surface area (Å²) in [6.45, 7) is 0.889. The van der Waals surface area contributed by atoms with Crippen molar-refractivity contribution in [1.29, 1.82) is 0 Å². The van der Waals surface area contributed by atoms with Crippen LogP contribution in [0.3, 0.4) is 0 Å². The van der Waals surface area contributed by atoms with E-state index in [0.717, 1.165) is 24.0 Å². The second-order valence-corrected chi connectivity index (χ2v) is 10.1. The van der Waals surface area contributed by atoms with Crippen LogP contribution in [0.5, 0.6) is 0 Å². The summed E-state index contributed by atoms with van der Waals surface area (Å²) in [5.74, 6) is 5.86. The lowest BCUT2D eigenvalue weighted by Gasteiger charge is -2.25. The van der Waals surface area contributed by atoms with E-state index >= 15 is 0 Å². The average Bonchev–Trinajstić information content (AvgIpc) is 3.56. The smallest absolute Gasteiger partial charge is 0.251 e. The van der Waals surface area contributed by atoms with E-state index in [0.29, 0.717) is 25.1 Å².